The Morgan fingerprint density at radius 2 is 2.11 bits per heavy atom. The van der Waals surface area contributed by atoms with E-state index in [9.17, 15) is 9.90 Å². The molecule has 1 unspecified atom stereocenters. The van der Waals surface area contributed by atoms with Crippen LogP contribution in [0.4, 0.5) is 0 Å². The highest BCUT2D eigenvalue weighted by atomic mass is 127. The lowest BCUT2D eigenvalue weighted by molar-refractivity contribution is 0.0900. The number of hydrogen-bond acceptors (Lipinski definition) is 2. The number of rotatable bonds is 4. The molecule has 1 aromatic carbocycles. The Morgan fingerprint density at radius 1 is 1.47 bits per heavy atom. The lowest BCUT2D eigenvalue weighted by Crippen LogP contribution is -2.44. The number of alkyl halides is 1. The Balaban J connectivity index is 2.84. The Labute approximate surface area is 132 Å². The van der Waals surface area contributed by atoms with Gasteiger partial charge in [0.05, 0.1) is 3.57 Å². The Kier molecular flexibility index (Phi) is 5.92. The van der Waals surface area contributed by atoms with Gasteiger partial charge in [-0.2, -0.15) is 0 Å². The summed E-state index contributed by atoms with van der Waals surface area (Å²) in [6.45, 7) is 6.20. The van der Waals surface area contributed by atoms with Gasteiger partial charge in [0.1, 0.15) is 5.75 Å². The molecule has 0 aliphatic rings. The molecule has 1 atom stereocenters. The summed E-state index contributed by atoms with van der Waals surface area (Å²) in [4.78, 5) is 12.2. The number of benzene rings is 1. The van der Waals surface area contributed by atoms with Crippen molar-refractivity contribution in [3.8, 4) is 5.75 Å². The maximum Gasteiger partial charge on any atom is 0.251 e. The SMILES string of the molecule is CC(C)(C)C(CCCl)NC(=O)c1ccc(I)c(O)c1. The number of carbonyl (C=O) groups excluding carboxylic acids is 1. The molecule has 0 bridgehead atoms. The van der Waals surface area contributed by atoms with Crippen molar-refractivity contribution in [2.24, 2.45) is 5.41 Å². The van der Waals surface area contributed by atoms with Gasteiger partial charge in [-0.15, -0.1) is 11.6 Å². The smallest absolute Gasteiger partial charge is 0.251 e. The Bertz CT molecular complexity index is 457. The summed E-state index contributed by atoms with van der Waals surface area (Å²) in [7, 11) is 0. The van der Waals surface area contributed by atoms with E-state index in [1.165, 1.54) is 6.07 Å². The minimum Gasteiger partial charge on any atom is -0.507 e. The van der Waals surface area contributed by atoms with E-state index in [1.54, 1.807) is 12.1 Å². The van der Waals surface area contributed by atoms with Crippen LogP contribution < -0.4 is 5.32 Å². The molecule has 0 saturated carbocycles. The van der Waals surface area contributed by atoms with Gasteiger partial charge in [0, 0.05) is 17.5 Å². The zero-order valence-electron chi connectivity index (χ0n) is 11.3. The summed E-state index contributed by atoms with van der Waals surface area (Å²) < 4.78 is 0.724. The first-order valence-electron chi connectivity index (χ1n) is 6.11. The zero-order valence-corrected chi connectivity index (χ0v) is 14.2. The van der Waals surface area contributed by atoms with E-state index >= 15 is 0 Å². The molecule has 106 valence electrons. The van der Waals surface area contributed by atoms with E-state index in [0.29, 0.717) is 17.9 Å². The number of halogens is 2. The van der Waals surface area contributed by atoms with Crippen molar-refractivity contribution >= 4 is 40.1 Å². The molecule has 0 fully saturated rings. The van der Waals surface area contributed by atoms with Gasteiger partial charge in [0.15, 0.2) is 0 Å². The summed E-state index contributed by atoms with van der Waals surface area (Å²) >= 11 is 7.80. The standard InChI is InChI=1S/C14H19ClINO2/c1-14(2,3)12(6-7-15)17-13(19)9-4-5-10(16)11(18)8-9/h4-5,8,12,18H,6-7H2,1-3H3,(H,17,19). The zero-order chi connectivity index (χ0) is 14.6. The molecule has 3 nitrogen and oxygen atoms in total. The topological polar surface area (TPSA) is 49.3 Å². The van der Waals surface area contributed by atoms with Crippen molar-refractivity contribution < 1.29 is 9.90 Å². The average Bonchev–Trinajstić information content (AvgIpc) is 2.30. The molecule has 1 amide bonds. The monoisotopic (exact) mass is 395 g/mol. The van der Waals surface area contributed by atoms with Gasteiger partial charge in [-0.05, 0) is 52.6 Å². The van der Waals surface area contributed by atoms with Crippen LogP contribution in [0.15, 0.2) is 18.2 Å². The van der Waals surface area contributed by atoms with Crippen molar-refractivity contribution in [3.63, 3.8) is 0 Å². The maximum atomic E-state index is 12.2. The van der Waals surface area contributed by atoms with Crippen molar-refractivity contribution in [1.29, 1.82) is 0 Å². The minimum atomic E-state index is -0.184. The predicted octanol–water partition coefficient (Wildman–Crippen LogP) is 3.77. The second kappa shape index (κ2) is 6.79. The second-order valence-corrected chi connectivity index (χ2v) is 7.08. The molecule has 0 saturated heterocycles. The number of carbonyl (C=O) groups is 1. The van der Waals surface area contributed by atoms with Gasteiger partial charge in [-0.25, -0.2) is 0 Å². The van der Waals surface area contributed by atoms with E-state index in [1.807, 2.05) is 22.6 Å². The van der Waals surface area contributed by atoms with Gasteiger partial charge in [-0.1, -0.05) is 20.8 Å². The summed E-state index contributed by atoms with van der Waals surface area (Å²) in [6, 6.07) is 4.91. The molecule has 0 aliphatic heterocycles. The number of amides is 1. The molecule has 2 N–H and O–H groups in total. The lowest BCUT2D eigenvalue weighted by Gasteiger charge is -2.31. The molecule has 0 heterocycles. The molecular weight excluding hydrogens is 377 g/mol. The van der Waals surface area contributed by atoms with Crippen LogP contribution in [0.5, 0.6) is 5.75 Å². The second-order valence-electron chi connectivity index (χ2n) is 5.54. The molecule has 19 heavy (non-hydrogen) atoms. The van der Waals surface area contributed by atoms with Crippen molar-refractivity contribution in [3.05, 3.63) is 27.3 Å². The quantitative estimate of drug-likeness (QED) is 0.602. The van der Waals surface area contributed by atoms with Gasteiger partial charge >= 0.3 is 0 Å². The fraction of sp³-hybridized carbons (Fsp3) is 0.500. The average molecular weight is 396 g/mol. The molecule has 0 aliphatic carbocycles. The summed E-state index contributed by atoms with van der Waals surface area (Å²) in [5, 5.41) is 12.6. The van der Waals surface area contributed by atoms with Crippen molar-refractivity contribution in [2.75, 3.05) is 5.88 Å². The van der Waals surface area contributed by atoms with E-state index in [4.69, 9.17) is 11.6 Å². The van der Waals surface area contributed by atoms with Gasteiger partial charge < -0.3 is 10.4 Å². The minimum absolute atomic E-state index is 0.000999. The highest BCUT2D eigenvalue weighted by Gasteiger charge is 2.26. The van der Waals surface area contributed by atoms with Crippen LogP contribution >= 0.6 is 34.2 Å². The molecule has 1 rings (SSSR count). The van der Waals surface area contributed by atoms with Crippen LogP contribution in [0, 0.1) is 8.99 Å². The molecule has 0 aromatic heterocycles. The maximum absolute atomic E-state index is 12.2. The summed E-state index contributed by atoms with van der Waals surface area (Å²) in [5.41, 5.74) is 0.400. The highest BCUT2D eigenvalue weighted by Crippen LogP contribution is 2.24. The molecule has 5 heteroatoms. The van der Waals surface area contributed by atoms with Crippen LogP contribution in [-0.2, 0) is 0 Å². The van der Waals surface area contributed by atoms with Crippen LogP contribution in [0.25, 0.3) is 0 Å². The summed E-state index contributed by atoms with van der Waals surface area (Å²) in [6.07, 6.45) is 0.715. The third kappa shape index (κ3) is 4.84. The fourth-order valence-electron chi connectivity index (χ4n) is 1.73. The Hall–Kier alpha value is -0.490. The first kappa shape index (κ1) is 16.6. The first-order valence-corrected chi connectivity index (χ1v) is 7.72. The third-order valence-electron chi connectivity index (χ3n) is 2.96. The van der Waals surface area contributed by atoms with E-state index in [2.05, 4.69) is 26.1 Å². The lowest BCUT2D eigenvalue weighted by atomic mass is 9.85. The number of nitrogens with one attached hydrogen (secondary N) is 1. The normalized spacial score (nSPS) is 13.1. The first-order chi connectivity index (χ1) is 8.75. The molecule has 1 aromatic rings. The van der Waals surface area contributed by atoms with Crippen molar-refractivity contribution in [1.82, 2.24) is 5.32 Å². The largest absolute Gasteiger partial charge is 0.507 e. The van der Waals surface area contributed by atoms with E-state index in [-0.39, 0.29) is 23.1 Å². The highest BCUT2D eigenvalue weighted by molar-refractivity contribution is 14.1. The van der Waals surface area contributed by atoms with Crippen LogP contribution in [0.3, 0.4) is 0 Å². The number of phenols is 1. The molecule has 0 spiro atoms. The van der Waals surface area contributed by atoms with Gasteiger partial charge in [-0.3, -0.25) is 4.79 Å². The fourth-order valence-corrected chi connectivity index (χ4v) is 2.28. The number of hydrogen-bond donors (Lipinski definition) is 2. The molecule has 0 radical (unpaired) electrons. The van der Waals surface area contributed by atoms with Crippen LogP contribution in [0.2, 0.25) is 0 Å². The van der Waals surface area contributed by atoms with E-state index < -0.39 is 0 Å². The predicted molar refractivity (Wildman–Crippen MR) is 86.9 cm³/mol. The molecular formula is C14H19ClINO2. The van der Waals surface area contributed by atoms with E-state index in [0.717, 1.165) is 3.57 Å². The number of aromatic hydroxyl groups is 1. The van der Waals surface area contributed by atoms with Crippen LogP contribution in [-0.4, -0.2) is 22.9 Å². The Morgan fingerprint density at radius 3 is 2.58 bits per heavy atom. The number of phenolic OH excluding ortho intramolecular Hbond substituents is 1. The van der Waals surface area contributed by atoms with Crippen LogP contribution in [0.1, 0.15) is 37.6 Å². The van der Waals surface area contributed by atoms with Gasteiger partial charge in [0.2, 0.25) is 0 Å². The van der Waals surface area contributed by atoms with Gasteiger partial charge in [0.25, 0.3) is 5.91 Å². The van der Waals surface area contributed by atoms with Crippen molar-refractivity contribution in [2.45, 2.75) is 33.2 Å². The third-order valence-corrected chi connectivity index (χ3v) is 4.09. The summed E-state index contributed by atoms with van der Waals surface area (Å²) in [5.74, 6) is 0.440.